The second-order valence-corrected chi connectivity index (χ2v) is 10.3. The molecule has 0 N–H and O–H groups in total. The monoisotopic (exact) mass is 516 g/mol. The predicted molar refractivity (Wildman–Crippen MR) is 150 cm³/mol. The molecule has 37 heavy (non-hydrogen) atoms. The molecule has 0 aromatic heterocycles. The van der Waals surface area contributed by atoms with E-state index in [0.29, 0.717) is 26.1 Å². The maximum absolute atomic E-state index is 13.6. The molecule has 0 heterocycles. The zero-order valence-electron chi connectivity index (χ0n) is 21.5. The van der Waals surface area contributed by atoms with E-state index in [-0.39, 0.29) is 17.9 Å². The van der Waals surface area contributed by atoms with Crippen molar-refractivity contribution in [2.75, 3.05) is 13.1 Å². The van der Waals surface area contributed by atoms with E-state index in [4.69, 9.17) is 11.6 Å². The molecule has 0 bridgehead atoms. The second-order valence-electron chi connectivity index (χ2n) is 9.88. The molecule has 1 fully saturated rings. The third-order valence-corrected chi connectivity index (χ3v) is 7.69. The summed E-state index contributed by atoms with van der Waals surface area (Å²) < 4.78 is 0. The summed E-state index contributed by atoms with van der Waals surface area (Å²) in [6.07, 6.45) is 6.45. The van der Waals surface area contributed by atoms with E-state index in [1.165, 1.54) is 12.0 Å². The van der Waals surface area contributed by atoms with Crippen molar-refractivity contribution in [1.82, 2.24) is 9.80 Å². The van der Waals surface area contributed by atoms with Crippen LogP contribution < -0.4 is 0 Å². The fourth-order valence-electron chi connectivity index (χ4n) is 5.15. The van der Waals surface area contributed by atoms with Crippen molar-refractivity contribution in [3.63, 3.8) is 0 Å². The maximum atomic E-state index is 13.6. The Labute approximate surface area is 226 Å². The summed E-state index contributed by atoms with van der Waals surface area (Å²) in [7, 11) is 0. The van der Waals surface area contributed by atoms with Crippen LogP contribution >= 0.6 is 11.6 Å². The Morgan fingerprint density at radius 1 is 0.757 bits per heavy atom. The molecular formula is C32H37ClN2O2. The largest absolute Gasteiger partial charge is 0.338 e. The third-order valence-electron chi connectivity index (χ3n) is 7.26. The van der Waals surface area contributed by atoms with Crippen molar-refractivity contribution in [3.8, 4) is 0 Å². The molecule has 0 spiro atoms. The van der Waals surface area contributed by atoms with Crippen LogP contribution in [0.25, 0.3) is 0 Å². The highest BCUT2D eigenvalue weighted by Crippen LogP contribution is 2.29. The van der Waals surface area contributed by atoms with Gasteiger partial charge in [0.15, 0.2) is 0 Å². The van der Waals surface area contributed by atoms with Crippen molar-refractivity contribution in [2.24, 2.45) is 0 Å². The second kappa shape index (κ2) is 14.0. The number of carbonyl (C=O) groups excluding carboxylic acids is 2. The summed E-state index contributed by atoms with van der Waals surface area (Å²) in [5, 5.41) is -0.739. The van der Waals surface area contributed by atoms with Crippen LogP contribution in [0.4, 0.5) is 0 Å². The molecule has 3 aromatic rings. The Morgan fingerprint density at radius 3 is 1.95 bits per heavy atom. The summed E-state index contributed by atoms with van der Waals surface area (Å²) in [4.78, 5) is 31.0. The highest BCUT2D eigenvalue weighted by molar-refractivity contribution is 6.30. The molecule has 1 atom stereocenters. The highest BCUT2D eigenvalue weighted by atomic mass is 35.5. The quantitative estimate of drug-likeness (QED) is 0.263. The van der Waals surface area contributed by atoms with Gasteiger partial charge >= 0.3 is 0 Å². The van der Waals surface area contributed by atoms with Gasteiger partial charge in [-0.1, -0.05) is 110 Å². The molecule has 1 unspecified atom stereocenters. The van der Waals surface area contributed by atoms with Crippen molar-refractivity contribution in [2.45, 2.75) is 62.9 Å². The topological polar surface area (TPSA) is 40.6 Å². The lowest BCUT2D eigenvalue weighted by atomic mass is 9.93. The number of amides is 2. The standard InChI is InChI=1S/C32H37ClN2O2/c33-31(28-17-9-3-10-18-28)32(37)35(29-19-11-4-12-20-29)24-22-30(36)34(25-27-15-7-2-8-16-27)23-21-26-13-5-1-6-14-26/h1-3,5-10,13-18,29,31H,4,11-12,19-25H2. The number of alkyl halides is 1. The van der Waals surface area contributed by atoms with E-state index in [0.717, 1.165) is 43.2 Å². The van der Waals surface area contributed by atoms with Crippen LogP contribution in [0.15, 0.2) is 91.0 Å². The van der Waals surface area contributed by atoms with Crippen molar-refractivity contribution in [3.05, 3.63) is 108 Å². The summed E-state index contributed by atoms with van der Waals surface area (Å²) in [5.41, 5.74) is 3.11. The van der Waals surface area contributed by atoms with Crippen LogP contribution in [0.1, 0.15) is 60.6 Å². The first-order valence-corrected chi connectivity index (χ1v) is 13.9. The van der Waals surface area contributed by atoms with E-state index >= 15 is 0 Å². The molecule has 3 aromatic carbocycles. The van der Waals surface area contributed by atoms with Gasteiger partial charge in [0.2, 0.25) is 11.8 Å². The van der Waals surface area contributed by atoms with Crippen LogP contribution in [0.5, 0.6) is 0 Å². The van der Waals surface area contributed by atoms with Gasteiger partial charge < -0.3 is 9.80 Å². The fraction of sp³-hybridized carbons (Fsp3) is 0.375. The summed E-state index contributed by atoms with van der Waals surface area (Å²) in [6, 6.07) is 30.0. The Kier molecular flexibility index (Phi) is 10.2. The number of benzene rings is 3. The van der Waals surface area contributed by atoms with Crippen LogP contribution in [0.2, 0.25) is 0 Å². The average molecular weight is 517 g/mol. The molecule has 2 amide bonds. The number of hydrogen-bond acceptors (Lipinski definition) is 2. The molecular weight excluding hydrogens is 480 g/mol. The number of halogens is 1. The first-order valence-electron chi connectivity index (χ1n) is 13.5. The van der Waals surface area contributed by atoms with Gasteiger partial charge in [-0.05, 0) is 36.0 Å². The average Bonchev–Trinajstić information content (AvgIpc) is 2.96. The van der Waals surface area contributed by atoms with E-state index in [1.54, 1.807) is 0 Å². The van der Waals surface area contributed by atoms with Gasteiger partial charge in [-0.3, -0.25) is 9.59 Å². The van der Waals surface area contributed by atoms with Crippen molar-refractivity contribution < 1.29 is 9.59 Å². The smallest absolute Gasteiger partial charge is 0.245 e. The minimum atomic E-state index is -0.739. The number of rotatable bonds is 11. The van der Waals surface area contributed by atoms with E-state index in [2.05, 4.69) is 24.3 Å². The summed E-state index contributed by atoms with van der Waals surface area (Å²) >= 11 is 6.69. The molecule has 1 aliphatic rings. The molecule has 0 aliphatic heterocycles. The first kappa shape index (κ1) is 26.9. The minimum absolute atomic E-state index is 0.0687. The molecule has 1 saturated carbocycles. The van der Waals surface area contributed by atoms with Crippen LogP contribution in [-0.2, 0) is 22.6 Å². The molecule has 5 heteroatoms. The summed E-state index contributed by atoms with van der Waals surface area (Å²) in [5.74, 6) is -0.0225. The van der Waals surface area contributed by atoms with E-state index in [1.807, 2.05) is 76.5 Å². The van der Waals surface area contributed by atoms with Crippen LogP contribution in [-0.4, -0.2) is 40.7 Å². The van der Waals surface area contributed by atoms with Crippen molar-refractivity contribution in [1.29, 1.82) is 0 Å². The molecule has 0 saturated heterocycles. The van der Waals surface area contributed by atoms with Gasteiger partial charge in [0.1, 0.15) is 5.38 Å². The van der Waals surface area contributed by atoms with Crippen LogP contribution in [0.3, 0.4) is 0 Å². The zero-order valence-corrected chi connectivity index (χ0v) is 22.2. The molecule has 0 radical (unpaired) electrons. The SMILES string of the molecule is O=C(CCN(C(=O)C(Cl)c1ccccc1)C1CCCCC1)N(CCc1ccccc1)Cc1ccccc1. The Balaban J connectivity index is 1.46. The van der Waals surface area contributed by atoms with Gasteiger partial charge in [0.05, 0.1) is 0 Å². The molecule has 194 valence electrons. The third kappa shape index (κ3) is 7.93. The van der Waals surface area contributed by atoms with Gasteiger partial charge in [-0.25, -0.2) is 0 Å². The molecule has 1 aliphatic carbocycles. The maximum Gasteiger partial charge on any atom is 0.245 e. The first-order chi connectivity index (χ1) is 18.1. The van der Waals surface area contributed by atoms with Gasteiger partial charge in [0.25, 0.3) is 0 Å². The van der Waals surface area contributed by atoms with Gasteiger partial charge in [-0.2, -0.15) is 0 Å². The van der Waals surface area contributed by atoms with E-state index in [9.17, 15) is 9.59 Å². The minimum Gasteiger partial charge on any atom is -0.338 e. The Morgan fingerprint density at radius 2 is 1.32 bits per heavy atom. The lowest BCUT2D eigenvalue weighted by Gasteiger charge is -2.36. The lowest BCUT2D eigenvalue weighted by Crippen LogP contribution is -2.45. The normalized spacial score (nSPS) is 14.6. The van der Waals surface area contributed by atoms with Crippen molar-refractivity contribution >= 4 is 23.4 Å². The Bertz CT molecular complexity index is 1100. The van der Waals surface area contributed by atoms with Gasteiger partial charge in [-0.15, -0.1) is 11.6 Å². The predicted octanol–water partition coefficient (Wildman–Crippen LogP) is 6.79. The number of nitrogens with zero attached hydrogens (tertiary/aromatic N) is 2. The lowest BCUT2D eigenvalue weighted by molar-refractivity contribution is -0.136. The summed E-state index contributed by atoms with van der Waals surface area (Å²) in [6.45, 7) is 1.60. The molecule has 4 rings (SSSR count). The number of carbonyl (C=O) groups is 2. The molecule has 4 nitrogen and oxygen atoms in total. The van der Waals surface area contributed by atoms with E-state index < -0.39 is 5.38 Å². The highest BCUT2D eigenvalue weighted by Gasteiger charge is 2.31. The zero-order chi connectivity index (χ0) is 25.9. The Hall–Kier alpha value is -3.11. The number of hydrogen-bond donors (Lipinski definition) is 0. The van der Waals surface area contributed by atoms with Crippen LogP contribution in [0, 0.1) is 0 Å². The fourth-order valence-corrected chi connectivity index (χ4v) is 5.43. The van der Waals surface area contributed by atoms with Gasteiger partial charge in [0, 0.05) is 32.1 Å².